The van der Waals surface area contributed by atoms with Crippen LogP contribution >= 0.6 is 0 Å². The highest BCUT2D eigenvalue weighted by molar-refractivity contribution is 5.57. The Morgan fingerprint density at radius 2 is 1.59 bits per heavy atom. The summed E-state index contributed by atoms with van der Waals surface area (Å²) in [5.74, 6) is -2.64. The largest absolute Gasteiger partial charge is 0.389 e. The predicted octanol–water partition coefficient (Wildman–Crippen LogP) is 3.05. The van der Waals surface area contributed by atoms with Crippen LogP contribution in [0.15, 0.2) is 0 Å². The van der Waals surface area contributed by atoms with Crippen molar-refractivity contribution in [3.63, 3.8) is 0 Å². The molecule has 4 saturated carbocycles. The molecule has 2 N–H and O–H groups in total. The maximum absolute atomic E-state index is 13.1. The molecule has 7 aliphatic rings. The van der Waals surface area contributed by atoms with Gasteiger partial charge in [-0.15, -0.1) is 0 Å². The van der Waals surface area contributed by atoms with E-state index in [1.165, 1.54) is 0 Å². The van der Waals surface area contributed by atoms with Crippen LogP contribution in [-0.2, 0) is 52.2 Å². The van der Waals surface area contributed by atoms with Gasteiger partial charge in [-0.05, 0) is 72.6 Å². The number of carbonyl (C=O) groups excluding carboxylic acids is 1. The van der Waals surface area contributed by atoms with Crippen molar-refractivity contribution in [1.82, 2.24) is 0 Å². The third-order valence-corrected chi connectivity index (χ3v) is 13.6. The molecule has 3 heterocycles. The molecule has 7 fully saturated rings. The number of methoxy groups -OCH3 is 2. The lowest BCUT2D eigenvalue weighted by Crippen LogP contribution is -2.78. The zero-order chi connectivity index (χ0) is 35.2. The molecule has 4 aliphatic carbocycles. The average Bonchev–Trinajstić information content (AvgIpc) is 3.49. The maximum atomic E-state index is 13.1. The van der Waals surface area contributed by atoms with Gasteiger partial charge in [0.1, 0.15) is 38.2 Å². The summed E-state index contributed by atoms with van der Waals surface area (Å²) in [7, 11) is 3.16. The van der Waals surface area contributed by atoms with Crippen LogP contribution in [0.3, 0.4) is 0 Å². The van der Waals surface area contributed by atoms with Crippen molar-refractivity contribution in [3.8, 4) is 0 Å². The first-order valence-corrected chi connectivity index (χ1v) is 18.2. The van der Waals surface area contributed by atoms with Gasteiger partial charge in [-0.2, -0.15) is 0 Å². The van der Waals surface area contributed by atoms with Crippen molar-refractivity contribution in [3.05, 3.63) is 0 Å². The quantitative estimate of drug-likeness (QED) is 0.207. The Balaban J connectivity index is 1.22. The summed E-state index contributed by atoms with van der Waals surface area (Å²) in [5, 5.41) is 25.8. The van der Waals surface area contributed by atoms with Crippen LogP contribution in [0, 0.1) is 28.6 Å². The van der Waals surface area contributed by atoms with Crippen LogP contribution in [0.1, 0.15) is 86.5 Å². The first kappa shape index (κ1) is 36.5. The van der Waals surface area contributed by atoms with Crippen LogP contribution < -0.4 is 0 Å². The molecule has 3 saturated heterocycles. The van der Waals surface area contributed by atoms with Gasteiger partial charge in [0.2, 0.25) is 0 Å². The van der Waals surface area contributed by atoms with E-state index in [9.17, 15) is 15.0 Å². The molecule has 1 spiro atoms. The average molecular weight is 699 g/mol. The summed E-state index contributed by atoms with van der Waals surface area (Å²) in [6.07, 6.45) is 0.401. The molecular formula is C36H58O13. The summed E-state index contributed by atoms with van der Waals surface area (Å²) in [6, 6.07) is 0. The highest BCUT2D eigenvalue weighted by atomic mass is 16.8. The van der Waals surface area contributed by atoms with E-state index in [-0.39, 0.29) is 44.1 Å². The molecule has 3 aliphatic heterocycles. The predicted molar refractivity (Wildman–Crippen MR) is 171 cm³/mol. The number of aldehydes is 1. The van der Waals surface area contributed by atoms with Crippen LogP contribution in [-0.4, -0.2) is 123 Å². The first-order valence-electron chi connectivity index (χ1n) is 18.2. The van der Waals surface area contributed by atoms with Gasteiger partial charge in [0.05, 0.1) is 47.6 Å². The second-order valence-corrected chi connectivity index (χ2v) is 17.0. The van der Waals surface area contributed by atoms with Crippen LogP contribution in [0.4, 0.5) is 0 Å². The van der Waals surface area contributed by atoms with Crippen molar-refractivity contribution in [2.24, 2.45) is 28.6 Å². The fourth-order valence-electron chi connectivity index (χ4n) is 11.5. The zero-order valence-corrected chi connectivity index (χ0v) is 30.4. The lowest BCUT2D eigenvalue weighted by Gasteiger charge is -2.71. The molecule has 0 bridgehead atoms. The molecule has 7 rings (SSSR count). The van der Waals surface area contributed by atoms with Crippen LogP contribution in [0.5, 0.6) is 0 Å². The highest BCUT2D eigenvalue weighted by Crippen LogP contribution is 2.71. The molecule has 280 valence electrons. The van der Waals surface area contributed by atoms with Crippen molar-refractivity contribution in [1.29, 1.82) is 0 Å². The summed E-state index contributed by atoms with van der Waals surface area (Å²) in [4.78, 5) is 12.3. The van der Waals surface area contributed by atoms with E-state index >= 15 is 0 Å². The number of hydrogen-bond acceptors (Lipinski definition) is 13. The van der Waals surface area contributed by atoms with Crippen LogP contribution in [0.2, 0.25) is 0 Å². The molecule has 0 aromatic carbocycles. The Labute approximate surface area is 289 Å². The van der Waals surface area contributed by atoms with E-state index in [1.807, 2.05) is 41.5 Å². The molecule has 0 radical (unpaired) electrons. The molecule has 13 nitrogen and oxygen atoms in total. The lowest BCUT2D eigenvalue weighted by molar-refractivity contribution is -0.410. The second-order valence-electron chi connectivity index (χ2n) is 17.0. The van der Waals surface area contributed by atoms with Gasteiger partial charge >= 0.3 is 0 Å². The normalized spacial score (nSPS) is 52.7. The summed E-state index contributed by atoms with van der Waals surface area (Å²) >= 11 is 0. The third-order valence-electron chi connectivity index (χ3n) is 13.6. The van der Waals surface area contributed by atoms with Gasteiger partial charge in [0.15, 0.2) is 17.9 Å². The van der Waals surface area contributed by atoms with E-state index in [1.54, 1.807) is 14.2 Å². The standard InChI is InChI=1S/C36H58O13/c1-20-27(43-19-41-8)28-29(49-32(4,5)48-28)30(45-20)46-22-13-25-35(17-44-31(2,3)47-25)26-23(10-11-34(35,38)14-22)36(39)12-9-21(16-37)33(36,6)15-24(26)42-18-40-7/h16,20-30,38-39H,9-15,17-19H2,1-8H3/t20-,21+,22-,23?,24+,25+,26?,27-,28+,29+,30-,33+,34-,35+,36-/m0/s1. The Morgan fingerprint density at radius 3 is 2.31 bits per heavy atom. The third kappa shape index (κ3) is 5.60. The molecule has 0 amide bonds. The van der Waals surface area contributed by atoms with E-state index in [0.29, 0.717) is 44.9 Å². The zero-order valence-electron chi connectivity index (χ0n) is 30.4. The topological polar surface area (TPSA) is 150 Å². The number of fused-ring (bicyclic) bond motifs is 4. The maximum Gasteiger partial charge on any atom is 0.187 e. The minimum atomic E-state index is -1.28. The summed E-state index contributed by atoms with van der Waals surface area (Å²) in [6.45, 7) is 11.8. The van der Waals surface area contributed by atoms with Gasteiger partial charge in [-0.25, -0.2) is 0 Å². The summed E-state index contributed by atoms with van der Waals surface area (Å²) < 4.78 is 62.3. The van der Waals surface area contributed by atoms with Crippen molar-refractivity contribution >= 4 is 6.29 Å². The number of ether oxygens (including phenoxy) is 10. The van der Waals surface area contributed by atoms with E-state index in [4.69, 9.17) is 47.4 Å². The van der Waals surface area contributed by atoms with Crippen molar-refractivity contribution < 1.29 is 62.4 Å². The molecule has 2 unspecified atom stereocenters. The monoisotopic (exact) mass is 698 g/mol. The Kier molecular flexibility index (Phi) is 9.44. The van der Waals surface area contributed by atoms with Gasteiger partial charge in [-0.1, -0.05) is 6.92 Å². The van der Waals surface area contributed by atoms with Gasteiger partial charge in [0, 0.05) is 44.3 Å². The summed E-state index contributed by atoms with van der Waals surface area (Å²) in [5.41, 5.74) is -3.97. The molecule has 13 heteroatoms. The van der Waals surface area contributed by atoms with Crippen molar-refractivity contribution in [2.45, 2.75) is 158 Å². The van der Waals surface area contributed by atoms with E-state index < -0.39 is 76.5 Å². The van der Waals surface area contributed by atoms with Gasteiger partial charge < -0.3 is 62.4 Å². The molecule has 0 aromatic rings. The number of hydrogen-bond donors (Lipinski definition) is 2. The lowest BCUT2D eigenvalue weighted by atomic mass is 9.40. The molecule has 15 atom stereocenters. The van der Waals surface area contributed by atoms with E-state index in [0.717, 1.165) is 6.29 Å². The molecular weight excluding hydrogens is 640 g/mol. The Hall–Kier alpha value is -0.810. The Bertz CT molecular complexity index is 1230. The second kappa shape index (κ2) is 12.7. The Morgan fingerprint density at radius 1 is 0.878 bits per heavy atom. The minimum Gasteiger partial charge on any atom is -0.389 e. The SMILES string of the molecule is COCO[C@@H]1[C@H]2OC(C)(C)O[C@H]2[C@H](O[C@H]2C[C@H]3OC(C)(C)OC[C@]34C3C(CC[C@]4(O)C2)[C@@]2(O)CC[C@H](C=O)[C@@]2(C)C[C@H]3OCOC)O[C@H]1C. The minimum absolute atomic E-state index is 0.0551. The van der Waals surface area contributed by atoms with Gasteiger partial charge in [-0.3, -0.25) is 0 Å². The number of rotatable bonds is 9. The van der Waals surface area contributed by atoms with Crippen LogP contribution in [0.25, 0.3) is 0 Å². The fraction of sp³-hybridized carbons (Fsp3) is 0.972. The molecule has 0 aromatic heterocycles. The van der Waals surface area contributed by atoms with Gasteiger partial charge in [0.25, 0.3) is 0 Å². The highest BCUT2D eigenvalue weighted by Gasteiger charge is 2.77. The number of aliphatic hydroxyl groups is 2. The number of carbonyl (C=O) groups is 1. The smallest absolute Gasteiger partial charge is 0.187 e. The molecule has 49 heavy (non-hydrogen) atoms. The van der Waals surface area contributed by atoms with E-state index in [2.05, 4.69) is 0 Å². The first-order chi connectivity index (χ1) is 23.1. The fourth-order valence-corrected chi connectivity index (χ4v) is 11.5. The van der Waals surface area contributed by atoms with Crippen molar-refractivity contribution in [2.75, 3.05) is 34.4 Å².